The lowest BCUT2D eigenvalue weighted by atomic mass is 10.0. The van der Waals surface area contributed by atoms with Gasteiger partial charge in [-0.15, -0.1) is 0 Å². The van der Waals surface area contributed by atoms with Crippen molar-refractivity contribution in [2.24, 2.45) is 0 Å². The van der Waals surface area contributed by atoms with Gasteiger partial charge in [0.15, 0.2) is 0 Å². The first-order valence-corrected chi connectivity index (χ1v) is 6.95. The number of hydrogen-bond acceptors (Lipinski definition) is 2. The van der Waals surface area contributed by atoms with Gasteiger partial charge in [0.2, 0.25) is 9.84 Å². The molecule has 1 aliphatic heterocycles. The van der Waals surface area contributed by atoms with Crippen LogP contribution in [0.3, 0.4) is 0 Å². The Hall–Kier alpha value is -1.61. The molecule has 86 valence electrons. The molecule has 2 nitrogen and oxygen atoms in total. The molecule has 0 saturated heterocycles. The Morgan fingerprint density at radius 1 is 0.765 bits per heavy atom. The van der Waals surface area contributed by atoms with Gasteiger partial charge in [-0.2, -0.15) is 0 Å². The van der Waals surface area contributed by atoms with Crippen LogP contribution >= 0.6 is 0 Å². The lowest BCUT2D eigenvalue weighted by molar-refractivity contribution is 0.598. The van der Waals surface area contributed by atoms with E-state index in [-0.39, 0.29) is 0 Å². The number of sulfone groups is 1. The molecule has 1 aliphatic rings. The molecular formula is C14H12O2S. The minimum absolute atomic E-state index is 0.434. The first kappa shape index (κ1) is 10.5. The second-order valence-corrected chi connectivity index (χ2v) is 6.39. The molecule has 3 heteroatoms. The summed E-state index contributed by atoms with van der Waals surface area (Å²) < 4.78 is 24.7. The molecule has 1 heterocycles. The molecule has 0 unspecified atom stereocenters. The van der Waals surface area contributed by atoms with Crippen molar-refractivity contribution >= 4 is 9.84 Å². The van der Waals surface area contributed by atoms with Gasteiger partial charge >= 0.3 is 0 Å². The fourth-order valence-corrected chi connectivity index (χ4v) is 4.03. The van der Waals surface area contributed by atoms with Crippen molar-refractivity contribution in [3.05, 3.63) is 47.5 Å². The van der Waals surface area contributed by atoms with E-state index < -0.39 is 9.84 Å². The van der Waals surface area contributed by atoms with Gasteiger partial charge < -0.3 is 0 Å². The molecule has 0 atom stereocenters. The standard InChI is InChI=1S/C14H12O2S/c1-9-4-6-13-12(7-9)11-5-3-10(2)8-14(11)17(13,15)16/h3-8H,1-2H3. The summed E-state index contributed by atoms with van der Waals surface area (Å²) in [6.45, 7) is 3.88. The van der Waals surface area contributed by atoms with Crippen LogP contribution in [0.25, 0.3) is 11.1 Å². The van der Waals surface area contributed by atoms with E-state index in [1.165, 1.54) is 0 Å². The highest BCUT2D eigenvalue weighted by atomic mass is 32.2. The molecule has 17 heavy (non-hydrogen) atoms. The molecule has 0 spiro atoms. The van der Waals surface area contributed by atoms with Crippen LogP contribution in [-0.4, -0.2) is 8.42 Å². The Morgan fingerprint density at radius 2 is 1.41 bits per heavy atom. The van der Waals surface area contributed by atoms with E-state index in [9.17, 15) is 8.42 Å². The van der Waals surface area contributed by atoms with E-state index in [1.807, 2.05) is 38.1 Å². The van der Waals surface area contributed by atoms with E-state index in [0.29, 0.717) is 9.79 Å². The molecule has 0 fully saturated rings. The molecule has 2 aromatic rings. The molecule has 0 aliphatic carbocycles. The van der Waals surface area contributed by atoms with Crippen LogP contribution in [0, 0.1) is 13.8 Å². The van der Waals surface area contributed by atoms with Gasteiger partial charge in [-0.05, 0) is 31.5 Å². The molecule has 0 amide bonds. The predicted molar refractivity (Wildman–Crippen MR) is 66.8 cm³/mol. The zero-order chi connectivity index (χ0) is 12.2. The van der Waals surface area contributed by atoms with E-state index in [0.717, 1.165) is 22.3 Å². The zero-order valence-corrected chi connectivity index (χ0v) is 10.5. The first-order chi connectivity index (χ1) is 8.00. The smallest absolute Gasteiger partial charge is 0.207 e. The molecular weight excluding hydrogens is 232 g/mol. The summed E-state index contributed by atoms with van der Waals surface area (Å²) >= 11 is 0. The van der Waals surface area contributed by atoms with Crippen LogP contribution in [0.4, 0.5) is 0 Å². The number of benzene rings is 2. The maximum absolute atomic E-state index is 12.3. The van der Waals surface area contributed by atoms with E-state index >= 15 is 0 Å². The van der Waals surface area contributed by atoms with Crippen molar-refractivity contribution in [1.82, 2.24) is 0 Å². The molecule has 2 aromatic carbocycles. The lowest BCUT2D eigenvalue weighted by Crippen LogP contribution is -1.96. The number of aryl methyl sites for hydroxylation is 2. The SMILES string of the molecule is Cc1ccc2c(c1)-c1ccc(C)cc1S2(=O)=O. The minimum Gasteiger partial charge on any atom is -0.218 e. The van der Waals surface area contributed by atoms with Crippen molar-refractivity contribution in [2.75, 3.05) is 0 Å². The fraction of sp³-hybridized carbons (Fsp3) is 0.143. The molecule has 0 bridgehead atoms. The third-order valence-electron chi connectivity index (χ3n) is 3.14. The monoisotopic (exact) mass is 244 g/mol. The summed E-state index contributed by atoms with van der Waals surface area (Å²) in [7, 11) is -3.30. The largest absolute Gasteiger partial charge is 0.218 e. The highest BCUT2D eigenvalue weighted by Gasteiger charge is 2.32. The Balaban J connectivity index is 2.47. The van der Waals surface area contributed by atoms with Gasteiger partial charge in [0, 0.05) is 11.1 Å². The second-order valence-electron chi connectivity index (χ2n) is 4.50. The average Bonchev–Trinajstić information content (AvgIpc) is 2.48. The van der Waals surface area contributed by atoms with E-state index in [4.69, 9.17) is 0 Å². The maximum Gasteiger partial charge on any atom is 0.207 e. The van der Waals surface area contributed by atoms with Crippen molar-refractivity contribution in [3.63, 3.8) is 0 Å². The second kappa shape index (κ2) is 3.20. The Bertz CT molecular complexity index is 728. The Labute approximate surface area is 101 Å². The number of fused-ring (bicyclic) bond motifs is 3. The topological polar surface area (TPSA) is 34.1 Å². The average molecular weight is 244 g/mol. The van der Waals surface area contributed by atoms with Crippen LogP contribution < -0.4 is 0 Å². The summed E-state index contributed by atoms with van der Waals surface area (Å²) in [5.41, 5.74) is 3.71. The Morgan fingerprint density at radius 3 is 2.18 bits per heavy atom. The van der Waals surface area contributed by atoms with Crippen LogP contribution in [-0.2, 0) is 9.84 Å². The molecule has 3 rings (SSSR count). The third-order valence-corrected chi connectivity index (χ3v) is 4.99. The van der Waals surface area contributed by atoms with Crippen molar-refractivity contribution in [1.29, 1.82) is 0 Å². The molecule has 0 N–H and O–H groups in total. The number of hydrogen-bond donors (Lipinski definition) is 0. The van der Waals surface area contributed by atoms with Gasteiger partial charge in [-0.3, -0.25) is 0 Å². The summed E-state index contributed by atoms with van der Waals surface area (Å²) in [4.78, 5) is 0.877. The lowest BCUT2D eigenvalue weighted by Gasteiger charge is -2.00. The van der Waals surface area contributed by atoms with Crippen molar-refractivity contribution in [3.8, 4) is 11.1 Å². The molecule has 0 saturated carbocycles. The van der Waals surface area contributed by atoms with E-state index in [2.05, 4.69) is 0 Å². The minimum atomic E-state index is -3.30. The van der Waals surface area contributed by atoms with Gasteiger partial charge in [0.25, 0.3) is 0 Å². The van der Waals surface area contributed by atoms with Crippen LogP contribution in [0.1, 0.15) is 11.1 Å². The molecule has 0 aromatic heterocycles. The van der Waals surface area contributed by atoms with Crippen LogP contribution in [0.2, 0.25) is 0 Å². The normalized spacial score (nSPS) is 15.4. The predicted octanol–water partition coefficient (Wildman–Crippen LogP) is 3.12. The fourth-order valence-electron chi connectivity index (χ4n) is 2.28. The third kappa shape index (κ3) is 1.35. The van der Waals surface area contributed by atoms with Crippen molar-refractivity contribution in [2.45, 2.75) is 23.6 Å². The van der Waals surface area contributed by atoms with Gasteiger partial charge in [-0.1, -0.05) is 29.8 Å². The van der Waals surface area contributed by atoms with Gasteiger partial charge in [0.1, 0.15) is 0 Å². The van der Waals surface area contributed by atoms with Gasteiger partial charge in [0.05, 0.1) is 9.79 Å². The maximum atomic E-state index is 12.3. The van der Waals surface area contributed by atoms with Crippen molar-refractivity contribution < 1.29 is 8.42 Å². The summed E-state index contributed by atoms with van der Waals surface area (Å²) in [5.74, 6) is 0. The quantitative estimate of drug-likeness (QED) is 0.609. The summed E-state index contributed by atoms with van der Waals surface area (Å²) in [6.07, 6.45) is 0. The highest BCUT2D eigenvalue weighted by Crippen LogP contribution is 2.43. The highest BCUT2D eigenvalue weighted by molar-refractivity contribution is 7.92. The zero-order valence-electron chi connectivity index (χ0n) is 9.69. The van der Waals surface area contributed by atoms with Crippen LogP contribution in [0.15, 0.2) is 46.2 Å². The van der Waals surface area contributed by atoms with E-state index in [1.54, 1.807) is 12.1 Å². The van der Waals surface area contributed by atoms with Crippen LogP contribution in [0.5, 0.6) is 0 Å². The van der Waals surface area contributed by atoms with Gasteiger partial charge in [-0.25, -0.2) is 8.42 Å². The molecule has 0 radical (unpaired) electrons. The number of rotatable bonds is 0. The summed E-state index contributed by atoms with van der Waals surface area (Å²) in [6, 6.07) is 11.1. The summed E-state index contributed by atoms with van der Waals surface area (Å²) in [5, 5.41) is 0. The first-order valence-electron chi connectivity index (χ1n) is 5.47. The Kier molecular flexibility index (Phi) is 1.98.